The first-order valence-electron chi connectivity index (χ1n) is 11.5. The third kappa shape index (κ3) is 6.40. The normalized spacial score (nSPS) is 16.2. The van der Waals surface area contributed by atoms with Crippen LogP contribution < -0.4 is 0 Å². The van der Waals surface area contributed by atoms with Gasteiger partial charge in [0.25, 0.3) is 0 Å². The Morgan fingerprint density at radius 2 is 1.45 bits per heavy atom. The lowest BCUT2D eigenvalue weighted by Gasteiger charge is -2.38. The summed E-state index contributed by atoms with van der Waals surface area (Å²) in [6, 6.07) is 23.3. The monoisotopic (exact) mass is 457 g/mol. The molecule has 0 fully saturated rings. The summed E-state index contributed by atoms with van der Waals surface area (Å²) in [4.78, 5) is 0.738. The van der Waals surface area contributed by atoms with Gasteiger partial charge in [0.2, 0.25) is 0 Å². The van der Waals surface area contributed by atoms with Crippen LogP contribution in [0, 0.1) is 5.92 Å². The summed E-state index contributed by atoms with van der Waals surface area (Å²) in [6.45, 7) is 11.3. The lowest BCUT2D eigenvalue weighted by Crippen LogP contribution is -2.43. The van der Waals surface area contributed by atoms with Crippen molar-refractivity contribution in [3.05, 3.63) is 77.7 Å². The first-order chi connectivity index (χ1) is 14.8. The number of benzene rings is 2. The van der Waals surface area contributed by atoms with Crippen LogP contribution in [-0.4, -0.2) is 25.7 Å². The van der Waals surface area contributed by atoms with Crippen LogP contribution in [0.3, 0.4) is 0 Å². The van der Waals surface area contributed by atoms with Crippen molar-refractivity contribution in [2.45, 2.75) is 69.7 Å². The van der Waals surface area contributed by atoms with Gasteiger partial charge in [0, 0.05) is 18.4 Å². The zero-order chi connectivity index (χ0) is 22.9. The van der Waals surface area contributed by atoms with Gasteiger partial charge in [0.15, 0.2) is 8.32 Å². The molecule has 0 heterocycles. The van der Waals surface area contributed by atoms with E-state index < -0.39 is 18.0 Å². The maximum atomic E-state index is 13.7. The van der Waals surface area contributed by atoms with Crippen LogP contribution in [0.4, 0.5) is 0 Å². The van der Waals surface area contributed by atoms with Crippen LogP contribution in [0.2, 0.25) is 18.1 Å². The van der Waals surface area contributed by atoms with E-state index in [0.29, 0.717) is 5.92 Å². The summed E-state index contributed by atoms with van der Waals surface area (Å²) in [7, 11) is -2.81. The standard InChI is InChI=1S/C26H39NO2SSi/c1-7-31(8-2,9-3)29-26(22(4)5)25(23-16-12-10-13-17-23)20-21-30(28,27-6)24-18-14-11-15-19-24/h10-22,25-26H,7-9H2,1-6H3/b21-20-/t25-,26-,30+/m0/s1. The van der Waals surface area contributed by atoms with Crippen molar-refractivity contribution in [2.24, 2.45) is 10.3 Å². The molecular formula is C26H39NO2SSi. The summed E-state index contributed by atoms with van der Waals surface area (Å²) in [5.74, 6) is 0.349. The molecule has 0 aliphatic heterocycles. The molecule has 0 aromatic heterocycles. The molecule has 0 bridgehead atoms. The Hall–Kier alpha value is -1.69. The van der Waals surface area contributed by atoms with Gasteiger partial charge in [-0.2, -0.15) is 0 Å². The smallest absolute Gasteiger partial charge is 0.192 e. The number of hydrogen-bond acceptors (Lipinski definition) is 3. The quantitative estimate of drug-likeness (QED) is 0.328. The van der Waals surface area contributed by atoms with Gasteiger partial charge in [-0.1, -0.05) is 89.2 Å². The van der Waals surface area contributed by atoms with Crippen LogP contribution in [0.25, 0.3) is 0 Å². The van der Waals surface area contributed by atoms with E-state index >= 15 is 0 Å². The van der Waals surface area contributed by atoms with Crippen LogP contribution in [0.5, 0.6) is 0 Å². The first kappa shape index (κ1) is 25.6. The molecule has 0 unspecified atom stereocenters. The van der Waals surface area contributed by atoms with E-state index in [2.05, 4.69) is 69.3 Å². The number of rotatable bonds is 11. The maximum absolute atomic E-state index is 13.7. The minimum Gasteiger partial charge on any atom is -0.413 e. The van der Waals surface area contributed by atoms with Gasteiger partial charge in [-0.15, -0.1) is 0 Å². The molecule has 0 N–H and O–H groups in total. The Morgan fingerprint density at radius 1 is 0.935 bits per heavy atom. The number of hydrogen-bond donors (Lipinski definition) is 0. The summed E-state index contributed by atoms with van der Waals surface area (Å²) in [6.07, 6.45) is 2.11. The van der Waals surface area contributed by atoms with Gasteiger partial charge >= 0.3 is 0 Å². The molecule has 170 valence electrons. The van der Waals surface area contributed by atoms with E-state index in [1.54, 1.807) is 7.05 Å². The predicted octanol–water partition coefficient (Wildman–Crippen LogP) is 7.49. The molecule has 2 rings (SSSR count). The Morgan fingerprint density at radius 3 is 1.90 bits per heavy atom. The highest BCUT2D eigenvalue weighted by Gasteiger charge is 2.36. The second kappa shape index (κ2) is 11.8. The van der Waals surface area contributed by atoms with Crippen LogP contribution in [-0.2, 0) is 14.2 Å². The summed E-state index contributed by atoms with van der Waals surface area (Å²) in [5, 5.41) is 1.81. The first-order valence-corrected chi connectivity index (χ1v) is 15.6. The van der Waals surface area contributed by atoms with Crippen molar-refractivity contribution in [2.75, 3.05) is 7.05 Å². The zero-order valence-corrected chi connectivity index (χ0v) is 21.8. The fourth-order valence-corrected chi connectivity index (χ4v) is 8.46. The highest BCUT2D eigenvalue weighted by Crippen LogP contribution is 2.35. The molecule has 31 heavy (non-hydrogen) atoms. The van der Waals surface area contributed by atoms with E-state index in [1.165, 1.54) is 5.56 Å². The van der Waals surface area contributed by atoms with Crippen molar-refractivity contribution in [3.8, 4) is 0 Å². The topological polar surface area (TPSA) is 38.7 Å². The maximum Gasteiger partial charge on any atom is 0.192 e. The molecule has 2 aromatic carbocycles. The van der Waals surface area contributed by atoms with Gasteiger partial charge < -0.3 is 4.43 Å². The molecule has 0 amide bonds. The Labute approximate surface area is 191 Å². The predicted molar refractivity (Wildman–Crippen MR) is 136 cm³/mol. The van der Waals surface area contributed by atoms with Crippen molar-refractivity contribution in [1.29, 1.82) is 0 Å². The molecule has 0 saturated carbocycles. The van der Waals surface area contributed by atoms with E-state index in [4.69, 9.17) is 4.43 Å². The van der Waals surface area contributed by atoms with Gasteiger partial charge in [-0.3, -0.25) is 0 Å². The van der Waals surface area contributed by atoms with Crippen molar-refractivity contribution in [1.82, 2.24) is 0 Å². The minimum atomic E-state index is -2.63. The van der Waals surface area contributed by atoms with Gasteiger partial charge in [0.1, 0.15) is 0 Å². The lowest BCUT2D eigenvalue weighted by molar-refractivity contribution is 0.123. The fraction of sp³-hybridized carbons (Fsp3) is 0.462. The van der Waals surface area contributed by atoms with Crippen molar-refractivity contribution >= 4 is 18.0 Å². The molecule has 0 spiro atoms. The van der Waals surface area contributed by atoms with E-state index in [0.717, 1.165) is 23.0 Å². The average molecular weight is 458 g/mol. The molecular weight excluding hydrogens is 418 g/mol. The van der Waals surface area contributed by atoms with Gasteiger partial charge in [-0.25, -0.2) is 8.57 Å². The highest BCUT2D eigenvalue weighted by molar-refractivity contribution is 7.96. The van der Waals surface area contributed by atoms with E-state index in [-0.39, 0.29) is 12.0 Å². The Balaban J connectivity index is 2.54. The fourth-order valence-electron chi connectivity index (χ4n) is 4.05. The van der Waals surface area contributed by atoms with Gasteiger partial charge in [-0.05, 0) is 41.7 Å². The summed E-state index contributed by atoms with van der Waals surface area (Å²) >= 11 is 0. The second-order valence-electron chi connectivity index (χ2n) is 8.40. The molecule has 3 atom stereocenters. The van der Waals surface area contributed by atoms with Crippen molar-refractivity contribution in [3.63, 3.8) is 0 Å². The largest absolute Gasteiger partial charge is 0.413 e. The highest BCUT2D eigenvalue weighted by atomic mass is 32.2. The molecule has 3 nitrogen and oxygen atoms in total. The zero-order valence-electron chi connectivity index (χ0n) is 20.0. The lowest BCUT2D eigenvalue weighted by atomic mass is 9.87. The van der Waals surface area contributed by atoms with Crippen LogP contribution in [0.1, 0.15) is 46.1 Å². The number of nitrogens with zero attached hydrogens (tertiary/aromatic N) is 1. The Kier molecular flexibility index (Phi) is 9.73. The molecule has 0 radical (unpaired) electrons. The van der Waals surface area contributed by atoms with Crippen LogP contribution in [0.15, 0.2) is 81.4 Å². The van der Waals surface area contributed by atoms with Crippen LogP contribution >= 0.6 is 0 Å². The van der Waals surface area contributed by atoms with E-state index in [1.807, 2.05) is 41.8 Å². The van der Waals surface area contributed by atoms with E-state index in [9.17, 15) is 4.21 Å². The average Bonchev–Trinajstić information content (AvgIpc) is 2.82. The SMILES string of the molecule is CC[Si](CC)(CC)O[C@@H](C(C)C)[C@@H](/C=C\[S@](=O)(=NC)c1ccccc1)c1ccccc1. The van der Waals surface area contributed by atoms with Crippen molar-refractivity contribution < 1.29 is 8.63 Å². The molecule has 0 aliphatic carbocycles. The second-order valence-corrected chi connectivity index (χ2v) is 15.4. The molecule has 5 heteroatoms. The molecule has 2 aromatic rings. The summed E-state index contributed by atoms with van der Waals surface area (Å²) in [5.41, 5.74) is 1.19. The summed E-state index contributed by atoms with van der Waals surface area (Å²) < 4.78 is 25.0. The van der Waals surface area contributed by atoms with Gasteiger partial charge in [0.05, 0.1) is 20.7 Å². The molecule has 0 saturated heterocycles. The molecule has 0 aliphatic rings. The third-order valence-corrected chi connectivity index (χ3v) is 13.0. The third-order valence-electron chi connectivity index (χ3n) is 6.34. The minimum absolute atomic E-state index is 0.0176. The Bertz CT molecular complexity index is 922.